The molecule has 10 heteroatoms. The van der Waals surface area contributed by atoms with Crippen LogP contribution in [0.25, 0.3) is 0 Å². The van der Waals surface area contributed by atoms with Gasteiger partial charge in [-0.2, -0.15) is 0 Å². The van der Waals surface area contributed by atoms with E-state index in [-0.39, 0.29) is 23.4 Å². The van der Waals surface area contributed by atoms with Crippen LogP contribution in [0.2, 0.25) is 10.0 Å². The number of nitrogens with one attached hydrogen (secondary N) is 1. The van der Waals surface area contributed by atoms with E-state index in [1.807, 2.05) is 33.8 Å². The van der Waals surface area contributed by atoms with Gasteiger partial charge in [-0.1, -0.05) is 53.5 Å². The molecule has 39 heavy (non-hydrogen) atoms. The van der Waals surface area contributed by atoms with Crippen molar-refractivity contribution in [3.63, 3.8) is 0 Å². The van der Waals surface area contributed by atoms with Crippen molar-refractivity contribution in [2.75, 3.05) is 10.8 Å². The molecule has 0 fully saturated rings. The first-order valence-electron chi connectivity index (χ1n) is 12.5. The molecule has 3 rings (SSSR count). The molecule has 3 aromatic carbocycles. The Bertz CT molecular complexity index is 1430. The van der Waals surface area contributed by atoms with E-state index in [1.54, 1.807) is 55.5 Å². The van der Waals surface area contributed by atoms with Crippen LogP contribution in [0.4, 0.5) is 5.69 Å². The Labute approximate surface area is 240 Å². The predicted octanol–water partition coefficient (Wildman–Crippen LogP) is 5.75. The Hall–Kier alpha value is -3.07. The van der Waals surface area contributed by atoms with Gasteiger partial charge in [0, 0.05) is 12.6 Å². The Morgan fingerprint density at radius 3 is 2.05 bits per heavy atom. The van der Waals surface area contributed by atoms with Crippen LogP contribution in [0, 0.1) is 13.8 Å². The molecule has 3 aromatic rings. The van der Waals surface area contributed by atoms with E-state index in [2.05, 4.69) is 5.32 Å². The van der Waals surface area contributed by atoms with E-state index >= 15 is 0 Å². The summed E-state index contributed by atoms with van der Waals surface area (Å²) in [5, 5.41) is 3.50. The van der Waals surface area contributed by atoms with Crippen molar-refractivity contribution in [2.24, 2.45) is 0 Å². The van der Waals surface area contributed by atoms with Gasteiger partial charge in [-0.25, -0.2) is 8.42 Å². The summed E-state index contributed by atoms with van der Waals surface area (Å²) in [5.41, 5.74) is 2.70. The third-order valence-electron chi connectivity index (χ3n) is 6.04. The zero-order chi connectivity index (χ0) is 28.9. The van der Waals surface area contributed by atoms with E-state index in [0.29, 0.717) is 21.3 Å². The molecule has 0 aliphatic heterocycles. The first-order valence-corrected chi connectivity index (χ1v) is 14.7. The number of nitrogens with zero attached hydrogens (tertiary/aromatic N) is 2. The highest BCUT2D eigenvalue weighted by Crippen LogP contribution is 2.27. The number of amides is 2. The first-order chi connectivity index (χ1) is 18.3. The largest absolute Gasteiger partial charge is 0.352 e. The molecule has 0 radical (unpaired) electrons. The van der Waals surface area contributed by atoms with Crippen molar-refractivity contribution in [3.8, 4) is 0 Å². The molecule has 0 spiro atoms. The van der Waals surface area contributed by atoms with Crippen molar-refractivity contribution in [1.29, 1.82) is 0 Å². The van der Waals surface area contributed by atoms with Crippen LogP contribution in [0.15, 0.2) is 71.6 Å². The number of sulfonamides is 1. The highest BCUT2D eigenvalue weighted by Gasteiger charge is 2.32. The average molecular weight is 591 g/mol. The Balaban J connectivity index is 2.06. The summed E-state index contributed by atoms with van der Waals surface area (Å²) in [4.78, 5) is 28.3. The lowest BCUT2D eigenvalue weighted by molar-refractivity contribution is -0.139. The number of hydrogen-bond acceptors (Lipinski definition) is 4. The summed E-state index contributed by atoms with van der Waals surface area (Å²) in [7, 11) is -4.12. The SMILES string of the molecule is Cc1cc(C)cc(N(CC(=O)N(Cc2ccc(Cl)c(Cl)c2)[C@H](C)C(=O)NC(C)C)S(=O)(=O)c2ccccc2)c1. The number of hydrogen-bond donors (Lipinski definition) is 1. The van der Waals surface area contributed by atoms with Gasteiger partial charge < -0.3 is 10.2 Å². The Morgan fingerprint density at radius 1 is 0.872 bits per heavy atom. The number of carbonyl (C=O) groups is 2. The fourth-order valence-electron chi connectivity index (χ4n) is 4.17. The van der Waals surface area contributed by atoms with Crippen LogP contribution in [-0.4, -0.2) is 43.8 Å². The Morgan fingerprint density at radius 2 is 1.49 bits per heavy atom. The quantitative estimate of drug-likeness (QED) is 0.326. The average Bonchev–Trinajstić information content (AvgIpc) is 2.86. The van der Waals surface area contributed by atoms with Crippen molar-refractivity contribution in [1.82, 2.24) is 10.2 Å². The van der Waals surface area contributed by atoms with Gasteiger partial charge in [0.15, 0.2) is 0 Å². The second kappa shape index (κ2) is 12.9. The molecular formula is C29H33Cl2N3O4S. The molecule has 1 atom stereocenters. The van der Waals surface area contributed by atoms with Gasteiger partial charge in [0.05, 0.1) is 20.6 Å². The predicted molar refractivity (Wildman–Crippen MR) is 157 cm³/mol. The fourth-order valence-corrected chi connectivity index (χ4v) is 5.91. The normalized spacial score (nSPS) is 12.2. The van der Waals surface area contributed by atoms with Gasteiger partial charge in [0.25, 0.3) is 10.0 Å². The Kier molecular flexibility index (Phi) is 10.0. The number of aryl methyl sites for hydroxylation is 2. The molecule has 0 saturated heterocycles. The number of benzene rings is 3. The second-order valence-corrected chi connectivity index (χ2v) is 12.5. The molecule has 0 bridgehead atoms. The lowest BCUT2D eigenvalue weighted by Gasteiger charge is -2.32. The maximum absolute atomic E-state index is 13.9. The van der Waals surface area contributed by atoms with Crippen LogP contribution in [-0.2, 0) is 26.2 Å². The molecule has 0 aromatic heterocycles. The van der Waals surface area contributed by atoms with Crippen LogP contribution in [0.5, 0.6) is 0 Å². The van der Waals surface area contributed by atoms with Gasteiger partial charge in [-0.05, 0) is 87.7 Å². The second-order valence-electron chi connectivity index (χ2n) is 9.78. The maximum Gasteiger partial charge on any atom is 0.264 e. The molecule has 0 saturated carbocycles. The molecule has 0 heterocycles. The highest BCUT2D eigenvalue weighted by atomic mass is 35.5. The van der Waals surface area contributed by atoms with E-state index in [4.69, 9.17) is 23.2 Å². The minimum atomic E-state index is -4.12. The van der Waals surface area contributed by atoms with Gasteiger partial charge in [0.2, 0.25) is 11.8 Å². The van der Waals surface area contributed by atoms with Gasteiger partial charge in [-0.15, -0.1) is 0 Å². The monoisotopic (exact) mass is 589 g/mol. The summed E-state index contributed by atoms with van der Waals surface area (Å²) in [6.07, 6.45) is 0. The zero-order valence-electron chi connectivity index (χ0n) is 22.6. The number of rotatable bonds is 10. The highest BCUT2D eigenvalue weighted by molar-refractivity contribution is 7.92. The summed E-state index contributed by atoms with van der Waals surface area (Å²) < 4.78 is 28.8. The molecule has 1 N–H and O–H groups in total. The number of halogens is 2. The smallest absolute Gasteiger partial charge is 0.264 e. The van der Waals surface area contributed by atoms with Crippen molar-refractivity contribution >= 4 is 50.7 Å². The number of carbonyl (C=O) groups excluding carboxylic acids is 2. The minimum Gasteiger partial charge on any atom is -0.352 e. The molecular weight excluding hydrogens is 557 g/mol. The third kappa shape index (κ3) is 7.75. The van der Waals surface area contributed by atoms with Crippen molar-refractivity contribution < 1.29 is 18.0 Å². The topological polar surface area (TPSA) is 86.8 Å². The summed E-state index contributed by atoms with van der Waals surface area (Å²) in [6, 6.07) is 17.2. The van der Waals surface area contributed by atoms with E-state index in [9.17, 15) is 18.0 Å². The molecule has 7 nitrogen and oxygen atoms in total. The molecule has 0 aliphatic carbocycles. The first kappa shape index (κ1) is 30.5. The number of anilines is 1. The van der Waals surface area contributed by atoms with Gasteiger partial charge >= 0.3 is 0 Å². The van der Waals surface area contributed by atoms with E-state index in [0.717, 1.165) is 15.4 Å². The summed E-state index contributed by atoms with van der Waals surface area (Å²) >= 11 is 12.3. The van der Waals surface area contributed by atoms with Crippen molar-refractivity contribution in [2.45, 2.75) is 58.1 Å². The lowest BCUT2D eigenvalue weighted by Crippen LogP contribution is -2.52. The molecule has 2 amide bonds. The van der Waals surface area contributed by atoms with E-state index < -0.39 is 28.5 Å². The van der Waals surface area contributed by atoms with Gasteiger partial charge in [0.1, 0.15) is 12.6 Å². The minimum absolute atomic E-state index is 0.0223. The molecule has 208 valence electrons. The van der Waals surface area contributed by atoms with Gasteiger partial charge in [-0.3, -0.25) is 13.9 Å². The van der Waals surface area contributed by atoms with Crippen LogP contribution in [0.3, 0.4) is 0 Å². The maximum atomic E-state index is 13.9. The standard InChI is InChI=1S/C29H33Cl2N3O4S/c1-19(2)32-29(36)22(5)33(17-23-11-12-26(30)27(31)16-23)28(35)18-34(24-14-20(3)13-21(4)15-24)39(37,38)25-9-7-6-8-10-25/h6-16,19,22H,17-18H2,1-5H3,(H,32,36)/t22-/m1/s1. The van der Waals surface area contributed by atoms with Crippen LogP contribution >= 0.6 is 23.2 Å². The molecule has 0 unspecified atom stereocenters. The third-order valence-corrected chi connectivity index (χ3v) is 8.57. The lowest BCUT2D eigenvalue weighted by atomic mass is 10.1. The summed E-state index contributed by atoms with van der Waals surface area (Å²) in [5.74, 6) is -0.909. The van der Waals surface area contributed by atoms with Crippen LogP contribution in [0.1, 0.15) is 37.5 Å². The summed E-state index contributed by atoms with van der Waals surface area (Å²) in [6.45, 7) is 8.49. The zero-order valence-corrected chi connectivity index (χ0v) is 24.9. The van der Waals surface area contributed by atoms with E-state index in [1.165, 1.54) is 17.0 Å². The van der Waals surface area contributed by atoms with Crippen molar-refractivity contribution in [3.05, 3.63) is 93.5 Å². The fraction of sp³-hybridized carbons (Fsp3) is 0.310. The van der Waals surface area contributed by atoms with Crippen LogP contribution < -0.4 is 9.62 Å². The molecule has 0 aliphatic rings.